The van der Waals surface area contributed by atoms with Gasteiger partial charge < -0.3 is 9.94 Å². The van der Waals surface area contributed by atoms with Gasteiger partial charge in [0.2, 0.25) is 0 Å². The number of nitrogens with zero attached hydrogens (tertiary/aromatic N) is 1. The minimum Gasteiger partial charge on any atom is -0.381 e. The van der Waals surface area contributed by atoms with Crippen LogP contribution in [-0.2, 0) is 4.74 Å². The molecule has 1 N–H and O–H groups in total. The van der Waals surface area contributed by atoms with Crippen molar-refractivity contribution in [2.24, 2.45) is 5.92 Å². The van der Waals surface area contributed by atoms with Crippen LogP contribution in [0.25, 0.3) is 0 Å². The molecule has 2 heterocycles. The zero-order valence-electron chi connectivity index (χ0n) is 9.36. The molecule has 0 aromatic rings. The maximum atomic E-state index is 10.1. The fourth-order valence-corrected chi connectivity index (χ4v) is 3.36. The first-order valence-corrected chi connectivity index (χ1v) is 5.56. The largest absolute Gasteiger partial charge is 0.381 e. The van der Waals surface area contributed by atoms with E-state index in [4.69, 9.17) is 4.74 Å². The second kappa shape index (κ2) is 3.47. The van der Waals surface area contributed by atoms with Gasteiger partial charge in [-0.25, -0.2) is 0 Å². The molecular weight excluding hydrogens is 178 g/mol. The van der Waals surface area contributed by atoms with Crippen molar-refractivity contribution in [3.8, 4) is 0 Å². The van der Waals surface area contributed by atoms with Gasteiger partial charge in [-0.2, -0.15) is 5.06 Å². The Hall–Kier alpha value is -0.120. The van der Waals surface area contributed by atoms with Crippen molar-refractivity contribution in [3.63, 3.8) is 0 Å². The predicted octanol–water partition coefficient (Wildman–Crippen LogP) is 2.04. The summed E-state index contributed by atoms with van der Waals surface area (Å²) in [6.07, 6.45) is 4.46. The van der Waals surface area contributed by atoms with Gasteiger partial charge in [0, 0.05) is 18.7 Å². The van der Waals surface area contributed by atoms with Crippen molar-refractivity contribution in [1.82, 2.24) is 5.06 Å². The highest BCUT2D eigenvalue weighted by Gasteiger charge is 2.48. The smallest absolute Gasteiger partial charge is 0.0605 e. The lowest BCUT2D eigenvalue weighted by molar-refractivity contribution is -0.258. The van der Waals surface area contributed by atoms with Crippen LogP contribution in [0.4, 0.5) is 0 Å². The molecule has 0 amide bonds. The highest BCUT2D eigenvalue weighted by molar-refractivity contribution is 4.99. The van der Waals surface area contributed by atoms with Crippen LogP contribution in [0.1, 0.15) is 39.5 Å². The van der Waals surface area contributed by atoms with Crippen LogP contribution in [0.2, 0.25) is 0 Å². The number of hydroxylamine groups is 2. The van der Waals surface area contributed by atoms with Crippen LogP contribution < -0.4 is 0 Å². The first kappa shape index (κ1) is 10.4. The van der Waals surface area contributed by atoms with Gasteiger partial charge in [-0.15, -0.1) is 0 Å². The van der Waals surface area contributed by atoms with Crippen molar-refractivity contribution in [1.29, 1.82) is 0 Å². The van der Waals surface area contributed by atoms with E-state index in [9.17, 15) is 5.21 Å². The molecule has 82 valence electrons. The molecule has 2 saturated heterocycles. The van der Waals surface area contributed by atoms with Gasteiger partial charge in [-0.05, 0) is 38.5 Å². The van der Waals surface area contributed by atoms with E-state index in [0.717, 1.165) is 31.6 Å². The lowest BCUT2D eigenvalue weighted by atomic mass is 9.72. The summed E-state index contributed by atoms with van der Waals surface area (Å²) in [5.74, 6) is 0.728. The summed E-state index contributed by atoms with van der Waals surface area (Å²) in [6, 6.07) is 0.308. The molecule has 0 aliphatic carbocycles. The fraction of sp³-hybridized carbons (Fsp3) is 1.00. The van der Waals surface area contributed by atoms with Crippen molar-refractivity contribution in [2.75, 3.05) is 7.11 Å². The number of piperidine rings is 2. The fourth-order valence-electron chi connectivity index (χ4n) is 3.36. The van der Waals surface area contributed by atoms with Crippen LogP contribution in [0, 0.1) is 5.92 Å². The number of ether oxygens (including phenoxy) is 1. The van der Waals surface area contributed by atoms with Crippen LogP contribution in [0.15, 0.2) is 0 Å². The van der Waals surface area contributed by atoms with Crippen LogP contribution >= 0.6 is 0 Å². The van der Waals surface area contributed by atoms with E-state index in [1.54, 1.807) is 12.2 Å². The number of fused-ring (bicyclic) bond motifs is 2. The van der Waals surface area contributed by atoms with Crippen LogP contribution in [-0.4, -0.2) is 35.1 Å². The Morgan fingerprint density at radius 1 is 1.36 bits per heavy atom. The average Bonchev–Trinajstić information content (AvgIpc) is 2.09. The highest BCUT2D eigenvalue weighted by Crippen LogP contribution is 2.43. The Bertz CT molecular complexity index is 221. The van der Waals surface area contributed by atoms with Crippen LogP contribution in [0.5, 0.6) is 0 Å². The van der Waals surface area contributed by atoms with Gasteiger partial charge in [0.05, 0.1) is 6.10 Å². The highest BCUT2D eigenvalue weighted by atomic mass is 16.5. The molecule has 0 aromatic heterocycles. The molecule has 2 aliphatic rings. The summed E-state index contributed by atoms with van der Waals surface area (Å²) in [6.45, 7) is 4.44. The van der Waals surface area contributed by atoms with Crippen molar-refractivity contribution < 1.29 is 9.94 Å². The summed E-state index contributed by atoms with van der Waals surface area (Å²) in [4.78, 5) is 0. The molecule has 0 aromatic carbocycles. The summed E-state index contributed by atoms with van der Waals surface area (Å²) >= 11 is 0. The molecular formula is C11H21NO2. The number of rotatable bonds is 1. The zero-order valence-corrected chi connectivity index (χ0v) is 9.36. The van der Waals surface area contributed by atoms with E-state index in [-0.39, 0.29) is 5.54 Å². The Balaban J connectivity index is 2.17. The van der Waals surface area contributed by atoms with Gasteiger partial charge in [-0.1, -0.05) is 6.92 Å². The monoisotopic (exact) mass is 199 g/mol. The Labute approximate surface area is 86.0 Å². The lowest BCUT2D eigenvalue weighted by Crippen LogP contribution is -2.61. The summed E-state index contributed by atoms with van der Waals surface area (Å²) < 4.78 is 5.44. The van der Waals surface area contributed by atoms with Gasteiger partial charge in [0.25, 0.3) is 0 Å². The molecule has 3 nitrogen and oxygen atoms in total. The van der Waals surface area contributed by atoms with Gasteiger partial charge >= 0.3 is 0 Å². The van der Waals surface area contributed by atoms with E-state index in [0.29, 0.717) is 12.1 Å². The third-order valence-electron chi connectivity index (χ3n) is 3.90. The SMILES string of the molecule is COC1CC2CC(C)CC(C)(C1)N2O. The van der Waals surface area contributed by atoms with E-state index in [1.807, 2.05) is 0 Å². The summed E-state index contributed by atoms with van der Waals surface area (Å²) in [7, 11) is 1.78. The van der Waals surface area contributed by atoms with E-state index >= 15 is 0 Å². The van der Waals surface area contributed by atoms with E-state index in [1.165, 1.54) is 0 Å². The second-order valence-corrected chi connectivity index (χ2v) is 5.34. The summed E-state index contributed by atoms with van der Waals surface area (Å²) in [5.41, 5.74) is -0.0543. The molecule has 2 fully saturated rings. The standard InChI is InChI=1S/C11H21NO2/c1-8-4-9-5-10(14-3)7-11(2,6-8)12(9)13/h8-10,13H,4-7H2,1-3H3. The minimum atomic E-state index is -0.0543. The average molecular weight is 199 g/mol. The Morgan fingerprint density at radius 2 is 2.07 bits per heavy atom. The Morgan fingerprint density at radius 3 is 2.64 bits per heavy atom. The third kappa shape index (κ3) is 1.58. The van der Waals surface area contributed by atoms with Crippen molar-refractivity contribution in [3.05, 3.63) is 0 Å². The van der Waals surface area contributed by atoms with Crippen LogP contribution in [0.3, 0.4) is 0 Å². The maximum Gasteiger partial charge on any atom is 0.0605 e. The Kier molecular flexibility index (Phi) is 2.58. The number of methoxy groups -OCH3 is 1. The molecule has 3 heteroatoms. The quantitative estimate of drug-likeness (QED) is 0.701. The maximum absolute atomic E-state index is 10.1. The molecule has 14 heavy (non-hydrogen) atoms. The lowest BCUT2D eigenvalue weighted by Gasteiger charge is -2.53. The number of hydrogen-bond acceptors (Lipinski definition) is 3. The topological polar surface area (TPSA) is 32.7 Å². The van der Waals surface area contributed by atoms with Gasteiger partial charge in [0.15, 0.2) is 0 Å². The van der Waals surface area contributed by atoms with E-state index in [2.05, 4.69) is 13.8 Å². The molecule has 2 aliphatic heterocycles. The molecule has 4 atom stereocenters. The van der Waals surface area contributed by atoms with E-state index < -0.39 is 0 Å². The molecule has 0 spiro atoms. The van der Waals surface area contributed by atoms with Crippen molar-refractivity contribution in [2.45, 2.75) is 57.2 Å². The van der Waals surface area contributed by atoms with Crippen molar-refractivity contribution >= 4 is 0 Å². The molecule has 4 unspecified atom stereocenters. The summed E-state index contributed by atoms with van der Waals surface area (Å²) in [5, 5.41) is 11.7. The molecule has 2 rings (SSSR count). The minimum absolute atomic E-state index is 0.0543. The third-order valence-corrected chi connectivity index (χ3v) is 3.90. The second-order valence-electron chi connectivity index (χ2n) is 5.34. The molecule has 0 saturated carbocycles. The number of hydrogen-bond donors (Lipinski definition) is 1. The first-order chi connectivity index (χ1) is 6.55. The predicted molar refractivity (Wildman–Crippen MR) is 54.2 cm³/mol. The first-order valence-electron chi connectivity index (χ1n) is 5.56. The zero-order chi connectivity index (χ0) is 10.3. The van der Waals surface area contributed by atoms with Gasteiger partial charge in [-0.3, -0.25) is 0 Å². The molecule has 2 bridgehead atoms. The molecule has 0 radical (unpaired) electrons. The van der Waals surface area contributed by atoms with Gasteiger partial charge in [0.1, 0.15) is 0 Å². The normalized spacial score (nSPS) is 49.3.